The van der Waals surface area contributed by atoms with Crippen LogP contribution in [0, 0.1) is 5.51 Å². The summed E-state index contributed by atoms with van der Waals surface area (Å²) in [6.07, 6.45) is 0. The molecule has 2 heteroatoms. The van der Waals surface area contributed by atoms with Crippen LogP contribution in [-0.4, -0.2) is 4.98 Å². The molecule has 0 aliphatic rings. The van der Waals surface area contributed by atoms with E-state index < -0.39 is 0 Å². The van der Waals surface area contributed by atoms with Gasteiger partial charge in [-0.1, -0.05) is 48.5 Å². The lowest BCUT2D eigenvalue weighted by Crippen LogP contribution is -1.79. The minimum absolute atomic E-state index is 1.07. The smallest absolute Gasteiger partial charge is 0.153 e. The Hall–Kier alpha value is -1.93. The van der Waals surface area contributed by atoms with Gasteiger partial charge in [0, 0.05) is 10.8 Å². The van der Waals surface area contributed by atoms with E-state index in [-0.39, 0.29) is 0 Å². The summed E-state index contributed by atoms with van der Waals surface area (Å²) in [6.45, 7) is 0. The zero-order chi connectivity index (χ0) is 11.2. The molecule has 0 N–H and O–H groups in total. The number of hydrogen-bond acceptors (Lipinski definition) is 2. The van der Waals surface area contributed by atoms with Gasteiger partial charge in [0.05, 0.1) is 10.2 Å². The van der Waals surface area contributed by atoms with Crippen LogP contribution in [0.3, 0.4) is 0 Å². The van der Waals surface area contributed by atoms with Crippen molar-refractivity contribution in [2.45, 2.75) is 0 Å². The normalized spacial score (nSPS) is 11.5. The number of fused-ring (bicyclic) bond motifs is 6. The van der Waals surface area contributed by atoms with Crippen LogP contribution in [0.5, 0.6) is 0 Å². The van der Waals surface area contributed by atoms with Crippen LogP contribution < -0.4 is 0 Å². The Morgan fingerprint density at radius 2 is 1.35 bits per heavy atom. The molecule has 4 aromatic rings. The van der Waals surface area contributed by atoms with Gasteiger partial charge in [0.25, 0.3) is 0 Å². The molecule has 0 saturated heterocycles. The molecule has 0 spiro atoms. The number of thiazole rings is 1. The number of hydrogen-bond donors (Lipinski definition) is 0. The Labute approximate surface area is 102 Å². The Kier molecular flexibility index (Phi) is 1.76. The minimum atomic E-state index is 1.07. The fraction of sp³-hybridized carbons (Fsp3) is 0. The van der Waals surface area contributed by atoms with Crippen molar-refractivity contribution in [2.24, 2.45) is 0 Å². The Morgan fingerprint density at radius 3 is 2.12 bits per heavy atom. The quantitative estimate of drug-likeness (QED) is 0.411. The van der Waals surface area contributed by atoms with E-state index in [0.29, 0.717) is 0 Å². The molecule has 17 heavy (non-hydrogen) atoms. The van der Waals surface area contributed by atoms with E-state index in [0.717, 1.165) is 5.52 Å². The molecule has 1 aromatic heterocycles. The molecule has 3 aromatic carbocycles. The van der Waals surface area contributed by atoms with Crippen molar-refractivity contribution in [1.82, 2.24) is 4.98 Å². The largest absolute Gasteiger partial charge is 0.233 e. The van der Waals surface area contributed by atoms with Crippen LogP contribution in [0.1, 0.15) is 0 Å². The second-order valence-electron chi connectivity index (χ2n) is 4.07. The van der Waals surface area contributed by atoms with Crippen molar-refractivity contribution in [1.29, 1.82) is 0 Å². The second kappa shape index (κ2) is 3.28. The monoisotopic (exact) mass is 234 g/mol. The van der Waals surface area contributed by atoms with Crippen molar-refractivity contribution in [3.05, 3.63) is 54.0 Å². The molecule has 0 fully saturated rings. The Bertz CT molecular complexity index is 775. The summed E-state index contributed by atoms with van der Waals surface area (Å²) >= 11 is 1.60. The maximum Gasteiger partial charge on any atom is 0.153 e. The summed E-state index contributed by atoms with van der Waals surface area (Å²) in [6, 6.07) is 17.0. The predicted octanol–water partition coefficient (Wildman–Crippen LogP) is 4.40. The maximum absolute atomic E-state index is 4.39. The Balaban J connectivity index is 2.48. The first-order chi connectivity index (χ1) is 8.45. The van der Waals surface area contributed by atoms with Gasteiger partial charge in [0.1, 0.15) is 0 Å². The molecule has 79 valence electrons. The lowest BCUT2D eigenvalue weighted by molar-refractivity contribution is 1.50. The molecule has 1 nitrogen and oxygen atoms in total. The van der Waals surface area contributed by atoms with Crippen molar-refractivity contribution in [2.75, 3.05) is 0 Å². The molecular weight excluding hydrogens is 226 g/mol. The van der Waals surface area contributed by atoms with E-state index in [1.807, 2.05) is 0 Å². The molecule has 0 saturated carbocycles. The summed E-state index contributed by atoms with van der Waals surface area (Å²) in [4.78, 5) is 4.39. The molecule has 1 radical (unpaired) electrons. The summed E-state index contributed by atoms with van der Waals surface area (Å²) in [5.41, 5.74) is 4.09. The molecule has 1 heterocycles. The van der Waals surface area contributed by atoms with Crippen molar-refractivity contribution in [3.63, 3.8) is 0 Å². The molecule has 4 rings (SSSR count). The summed E-state index contributed by atoms with van der Waals surface area (Å²) in [5, 5.41) is 5.07. The van der Waals surface area contributed by atoms with Crippen LogP contribution >= 0.6 is 11.3 Å². The van der Waals surface area contributed by atoms with Gasteiger partial charge in [-0.2, -0.15) is 0 Å². The summed E-state index contributed by atoms with van der Waals surface area (Å²) < 4.78 is 1.24. The highest BCUT2D eigenvalue weighted by Gasteiger charge is 2.09. The zero-order valence-electron chi connectivity index (χ0n) is 8.97. The molecular formula is C15H8NS. The van der Waals surface area contributed by atoms with Gasteiger partial charge in [-0.15, -0.1) is 11.3 Å². The van der Waals surface area contributed by atoms with Gasteiger partial charge in [-0.05, 0) is 10.8 Å². The van der Waals surface area contributed by atoms with E-state index in [9.17, 15) is 0 Å². The third-order valence-electron chi connectivity index (χ3n) is 3.16. The van der Waals surface area contributed by atoms with Gasteiger partial charge in [-0.3, -0.25) is 0 Å². The van der Waals surface area contributed by atoms with E-state index >= 15 is 0 Å². The van der Waals surface area contributed by atoms with Gasteiger partial charge >= 0.3 is 0 Å². The average molecular weight is 234 g/mol. The molecule has 0 aliphatic heterocycles. The van der Waals surface area contributed by atoms with Crippen molar-refractivity contribution >= 4 is 43.1 Å². The van der Waals surface area contributed by atoms with Crippen LogP contribution in [0.15, 0.2) is 48.5 Å². The standard InChI is InChI=1S/C15H8NS/c1-3-7-12-10(5-1)11-6-2-4-8-13(11)15-14(12)16-9-17-15/h1-8H. The van der Waals surface area contributed by atoms with Crippen LogP contribution in [-0.2, 0) is 0 Å². The average Bonchev–Trinajstić information content (AvgIpc) is 2.89. The van der Waals surface area contributed by atoms with Gasteiger partial charge in [-0.25, -0.2) is 4.98 Å². The fourth-order valence-corrected chi connectivity index (χ4v) is 3.19. The lowest BCUT2D eigenvalue weighted by atomic mass is 10.0. The molecule has 0 bridgehead atoms. The van der Waals surface area contributed by atoms with E-state index in [4.69, 9.17) is 0 Å². The molecule has 0 atom stereocenters. The van der Waals surface area contributed by atoms with Crippen LogP contribution in [0.25, 0.3) is 31.8 Å². The van der Waals surface area contributed by atoms with Crippen LogP contribution in [0.4, 0.5) is 0 Å². The highest BCUT2D eigenvalue weighted by atomic mass is 32.1. The highest BCUT2D eigenvalue weighted by Crippen LogP contribution is 2.35. The van der Waals surface area contributed by atoms with Gasteiger partial charge in [0.15, 0.2) is 5.51 Å². The number of benzene rings is 3. The van der Waals surface area contributed by atoms with Crippen molar-refractivity contribution < 1.29 is 0 Å². The Morgan fingerprint density at radius 1 is 0.765 bits per heavy atom. The number of aromatic nitrogens is 1. The van der Waals surface area contributed by atoms with Gasteiger partial charge in [0.2, 0.25) is 0 Å². The molecule has 0 amide bonds. The fourth-order valence-electron chi connectivity index (χ4n) is 2.42. The zero-order valence-corrected chi connectivity index (χ0v) is 9.79. The van der Waals surface area contributed by atoms with E-state index in [1.165, 1.54) is 26.2 Å². The van der Waals surface area contributed by atoms with Gasteiger partial charge < -0.3 is 0 Å². The molecule has 0 aliphatic carbocycles. The highest BCUT2D eigenvalue weighted by molar-refractivity contribution is 7.17. The lowest BCUT2D eigenvalue weighted by Gasteiger charge is -2.05. The second-order valence-corrected chi connectivity index (χ2v) is 4.87. The number of rotatable bonds is 0. The molecule has 0 unspecified atom stereocenters. The first-order valence-electron chi connectivity index (χ1n) is 5.51. The summed E-state index contributed by atoms with van der Waals surface area (Å²) in [7, 11) is 0. The minimum Gasteiger partial charge on any atom is -0.233 e. The topological polar surface area (TPSA) is 12.9 Å². The van der Waals surface area contributed by atoms with E-state index in [1.54, 1.807) is 11.3 Å². The third kappa shape index (κ3) is 1.16. The van der Waals surface area contributed by atoms with Crippen LogP contribution in [0.2, 0.25) is 0 Å². The van der Waals surface area contributed by atoms with E-state index in [2.05, 4.69) is 59.0 Å². The predicted molar refractivity (Wildman–Crippen MR) is 73.5 cm³/mol. The van der Waals surface area contributed by atoms with Crippen molar-refractivity contribution in [3.8, 4) is 0 Å². The first kappa shape index (κ1) is 9.14. The maximum atomic E-state index is 4.39. The first-order valence-corrected chi connectivity index (χ1v) is 6.33. The number of nitrogens with zero attached hydrogens (tertiary/aromatic N) is 1. The summed E-state index contributed by atoms with van der Waals surface area (Å²) in [5.74, 6) is 0. The SMILES string of the molecule is [c]1nc2c3ccccc3c3ccccc3c2s1. The third-order valence-corrected chi connectivity index (χ3v) is 3.96.